The number of carbonyl (C=O) groups excluding carboxylic acids is 8. The second kappa shape index (κ2) is 78.3. The highest BCUT2D eigenvalue weighted by Crippen LogP contribution is 2.20. The summed E-state index contributed by atoms with van der Waals surface area (Å²) in [5.74, 6) is -6.07. The Labute approximate surface area is 672 Å². The van der Waals surface area contributed by atoms with E-state index in [9.17, 15) is 53.4 Å². The average Bonchev–Trinajstić information content (AvgIpc) is 0.864. The highest BCUT2D eigenvalue weighted by molar-refractivity contribution is 7.99. The SMILES string of the molecule is CCCCCCCCCCCCCCCCCC(=O)OC[C@H](CSC[C@H](NC(=O)CCCCCCCCCCCCCCCC)C(=O)N[C@@H](CCO)C(=O)N[C@@H](CCCCN)C(=O)N[C@@H](CCCCN)C(=O)N[C@@H](CCCCN)C(=O)N[C@@H](CCCCN)C(=O)O)OC(=O)CCCCCCCCCCCCCCCC. The zero-order valence-electron chi connectivity index (χ0n) is 70.0. The Morgan fingerprint density at radius 1 is 0.300 bits per heavy atom. The van der Waals surface area contributed by atoms with Crippen LogP contribution in [0.3, 0.4) is 0 Å². The number of carboxylic acids is 1. The van der Waals surface area contributed by atoms with Gasteiger partial charge in [-0.3, -0.25) is 38.4 Å². The molecule has 0 saturated heterocycles. The topological polar surface area (TPSA) is 389 Å². The van der Waals surface area contributed by atoms with Crippen LogP contribution >= 0.6 is 11.8 Å². The maximum absolute atomic E-state index is 14.7. The van der Waals surface area contributed by atoms with Crippen molar-refractivity contribution in [2.24, 2.45) is 22.9 Å². The molecule has 6 amide bonds. The summed E-state index contributed by atoms with van der Waals surface area (Å²) < 4.78 is 11.9. The van der Waals surface area contributed by atoms with Crippen LogP contribution in [0.15, 0.2) is 0 Å². The molecule has 0 fully saturated rings. The minimum atomic E-state index is -1.42. The maximum atomic E-state index is 14.7. The van der Waals surface area contributed by atoms with E-state index < -0.39 is 90.4 Å². The Bertz CT molecular complexity index is 2260. The van der Waals surface area contributed by atoms with Crippen LogP contribution in [0.25, 0.3) is 0 Å². The fourth-order valence-electron chi connectivity index (χ4n) is 13.8. The van der Waals surface area contributed by atoms with E-state index in [1.807, 2.05) is 0 Å². The molecule has 23 nitrogen and oxygen atoms in total. The highest BCUT2D eigenvalue weighted by atomic mass is 32.2. The van der Waals surface area contributed by atoms with Crippen LogP contribution in [-0.4, -0.2) is 157 Å². The predicted molar refractivity (Wildman–Crippen MR) is 450 cm³/mol. The third-order valence-corrected chi connectivity index (χ3v) is 22.0. The summed E-state index contributed by atoms with van der Waals surface area (Å²) in [6.07, 6.45) is 54.1. The molecule has 0 aromatic heterocycles. The number of nitrogens with two attached hydrogens (primary N) is 4. The molecular formula is C86H166N10O13S. The van der Waals surface area contributed by atoms with Gasteiger partial charge in [-0.05, 0) is 129 Å². The van der Waals surface area contributed by atoms with Gasteiger partial charge in [0.15, 0.2) is 0 Å². The van der Waals surface area contributed by atoms with Crippen molar-refractivity contribution in [2.45, 2.75) is 442 Å². The van der Waals surface area contributed by atoms with Gasteiger partial charge in [-0.25, -0.2) is 4.79 Å². The number of rotatable bonds is 83. The molecule has 110 heavy (non-hydrogen) atoms. The minimum Gasteiger partial charge on any atom is -0.480 e. The van der Waals surface area contributed by atoms with Gasteiger partial charge in [0.1, 0.15) is 49.0 Å². The largest absolute Gasteiger partial charge is 0.480 e. The van der Waals surface area contributed by atoms with Crippen molar-refractivity contribution in [3.63, 3.8) is 0 Å². The lowest BCUT2D eigenvalue weighted by atomic mass is 10.0. The first-order valence-electron chi connectivity index (χ1n) is 44.9. The normalized spacial score (nSPS) is 13.3. The molecule has 24 heteroatoms. The number of thioether (sulfide) groups is 1. The zero-order chi connectivity index (χ0) is 81.0. The summed E-state index contributed by atoms with van der Waals surface area (Å²) in [6.45, 7) is 7.21. The van der Waals surface area contributed by atoms with Gasteiger partial charge in [-0.2, -0.15) is 11.8 Å². The monoisotopic (exact) mass is 1580 g/mol. The van der Waals surface area contributed by atoms with Gasteiger partial charge >= 0.3 is 17.9 Å². The molecule has 0 unspecified atom stereocenters. The smallest absolute Gasteiger partial charge is 0.326 e. The van der Waals surface area contributed by atoms with E-state index in [0.717, 1.165) is 64.2 Å². The van der Waals surface area contributed by atoms with Crippen LogP contribution in [0.5, 0.6) is 0 Å². The number of hydrogen-bond donors (Lipinski definition) is 12. The van der Waals surface area contributed by atoms with E-state index in [-0.39, 0.29) is 94.4 Å². The number of carbonyl (C=O) groups is 9. The van der Waals surface area contributed by atoms with Crippen LogP contribution in [0.4, 0.5) is 0 Å². The second-order valence-corrected chi connectivity index (χ2v) is 32.2. The molecule has 0 aromatic rings. The predicted octanol–water partition coefficient (Wildman–Crippen LogP) is 15.1. The summed E-state index contributed by atoms with van der Waals surface area (Å²) in [5, 5.41) is 36.9. The Balaban J connectivity index is 6.68. The maximum Gasteiger partial charge on any atom is 0.326 e. The van der Waals surface area contributed by atoms with Crippen molar-refractivity contribution in [3.05, 3.63) is 0 Å². The van der Waals surface area contributed by atoms with Gasteiger partial charge in [0.05, 0.1) is 0 Å². The Hall–Kier alpha value is -4.62. The Morgan fingerprint density at radius 3 is 0.864 bits per heavy atom. The van der Waals surface area contributed by atoms with Crippen molar-refractivity contribution >= 4 is 65.1 Å². The molecule has 7 atom stereocenters. The first-order valence-corrected chi connectivity index (χ1v) is 46.1. The van der Waals surface area contributed by atoms with Crippen LogP contribution in [0.1, 0.15) is 400 Å². The molecule has 0 spiro atoms. The van der Waals surface area contributed by atoms with Crippen molar-refractivity contribution in [3.8, 4) is 0 Å². The zero-order valence-corrected chi connectivity index (χ0v) is 70.8. The van der Waals surface area contributed by atoms with Crippen molar-refractivity contribution in [2.75, 3.05) is 50.9 Å². The number of esters is 2. The summed E-state index contributed by atoms with van der Waals surface area (Å²) in [4.78, 5) is 125. The van der Waals surface area contributed by atoms with E-state index in [1.165, 1.54) is 204 Å². The average molecular weight is 1580 g/mol. The lowest BCUT2D eigenvalue weighted by Gasteiger charge is -2.27. The van der Waals surface area contributed by atoms with Crippen molar-refractivity contribution in [1.29, 1.82) is 0 Å². The van der Waals surface area contributed by atoms with Crippen LogP contribution in [-0.2, 0) is 52.6 Å². The van der Waals surface area contributed by atoms with Gasteiger partial charge in [-0.1, -0.05) is 278 Å². The number of amides is 6. The molecule has 0 radical (unpaired) electrons. The number of aliphatic hydroxyl groups excluding tert-OH is 1. The van der Waals surface area contributed by atoms with E-state index >= 15 is 0 Å². The summed E-state index contributed by atoms with van der Waals surface area (Å²) in [7, 11) is 0. The third kappa shape index (κ3) is 63.7. The molecule has 0 rings (SSSR count). The number of hydrogen-bond acceptors (Lipinski definition) is 17. The van der Waals surface area contributed by atoms with Gasteiger partial charge in [0.2, 0.25) is 35.4 Å². The lowest BCUT2D eigenvalue weighted by Crippen LogP contribution is -2.59. The quantitative estimate of drug-likeness (QED) is 0.0199. The van der Waals surface area contributed by atoms with Gasteiger partial charge in [0, 0.05) is 37.4 Å². The Morgan fingerprint density at radius 2 is 0.564 bits per heavy atom. The molecule has 0 bridgehead atoms. The number of carboxylic acid groups (broad SMARTS) is 1. The number of aliphatic carboxylic acids is 1. The summed E-state index contributed by atoms with van der Waals surface area (Å²) in [6, 6.07) is -7.58. The summed E-state index contributed by atoms with van der Waals surface area (Å²) in [5.41, 5.74) is 23.2. The van der Waals surface area contributed by atoms with E-state index in [2.05, 4.69) is 52.7 Å². The van der Waals surface area contributed by atoms with Crippen LogP contribution < -0.4 is 54.8 Å². The molecular weight excluding hydrogens is 1410 g/mol. The lowest BCUT2D eigenvalue weighted by molar-refractivity contribution is -0.157. The first-order chi connectivity index (χ1) is 53.5. The third-order valence-electron chi connectivity index (χ3n) is 20.8. The number of ether oxygens (including phenoxy) is 2. The molecule has 0 aromatic carbocycles. The molecule has 0 saturated carbocycles. The number of nitrogens with one attached hydrogen (secondary N) is 6. The molecule has 0 aliphatic rings. The molecule has 0 heterocycles. The number of unbranched alkanes of at least 4 members (excludes halogenated alkanes) is 44. The van der Waals surface area contributed by atoms with E-state index in [4.69, 9.17) is 32.4 Å². The van der Waals surface area contributed by atoms with Crippen LogP contribution in [0, 0.1) is 0 Å². The second-order valence-electron chi connectivity index (χ2n) is 31.1. The van der Waals surface area contributed by atoms with Crippen molar-refractivity contribution < 1.29 is 62.8 Å². The van der Waals surface area contributed by atoms with E-state index in [0.29, 0.717) is 83.7 Å². The standard InChI is InChI=1S/C86H166N10O13S/c1-4-7-10-13-16-19-22-25-28-31-33-36-39-42-45-60-79(99)108-68-71(109-80(100)61-46-43-40-37-34-30-27-24-21-18-15-12-9-6-3)69-110-70-77(91-78(98)59-44-41-38-35-32-29-26-23-20-17-14-11-8-5-2)85(105)95-75(62-67-97)84(104)94-73(56-48-52-64-88)82(102)92-72(55-47-51-63-87)81(101)93-74(57-49-53-65-89)83(103)96-76(86(106)107)58-50-54-66-90/h71-77,97H,4-70,87-90H2,1-3H3,(H,91,98)(H,92,102)(H,93,101)(H,94,104)(H,95,105)(H,96,103)(H,106,107)/t71-,72+,73+,74+,75+,76+,77+/m1/s1. The first kappa shape index (κ1) is 105. The fraction of sp³-hybridized carbons (Fsp3) is 0.895. The molecule has 16 N–H and O–H groups in total. The van der Waals surface area contributed by atoms with Crippen molar-refractivity contribution in [1.82, 2.24) is 31.9 Å². The minimum absolute atomic E-state index is 0.0357. The fourth-order valence-corrected chi connectivity index (χ4v) is 14.8. The molecule has 0 aliphatic heterocycles. The summed E-state index contributed by atoms with van der Waals surface area (Å²) >= 11 is 1.22. The number of aliphatic hydroxyl groups is 1. The Kier molecular flexibility index (Phi) is 75.0. The van der Waals surface area contributed by atoms with Gasteiger partial charge < -0.3 is 74.5 Å². The van der Waals surface area contributed by atoms with Gasteiger partial charge in [0.25, 0.3) is 0 Å². The van der Waals surface area contributed by atoms with Crippen LogP contribution in [0.2, 0.25) is 0 Å². The van der Waals surface area contributed by atoms with E-state index in [1.54, 1.807) is 0 Å². The molecule has 644 valence electrons. The molecule has 0 aliphatic carbocycles. The van der Waals surface area contributed by atoms with Gasteiger partial charge in [-0.15, -0.1) is 0 Å². The highest BCUT2D eigenvalue weighted by Gasteiger charge is 2.34.